The Morgan fingerprint density at radius 1 is 1.03 bits per heavy atom. The summed E-state index contributed by atoms with van der Waals surface area (Å²) < 4.78 is 5.45. The Morgan fingerprint density at radius 2 is 1.65 bits per heavy atom. The van der Waals surface area contributed by atoms with E-state index < -0.39 is 17.2 Å². The Kier molecular flexibility index (Phi) is 8.65. The standard InChI is InChI=1S/C24H35N3O4/c1-18(28)26-20-12-9-19(10-13-20)11-14-21(29)25-17-24(15-7-5-6-8-16-24)27-22(30)31-23(2,3)4/h9-14H,5-8,15-17H2,1-4H3,(H,25,29)(H,26,28)(H,27,30)/b14-11+. The van der Waals surface area contributed by atoms with Gasteiger partial charge in [-0.1, -0.05) is 37.8 Å². The minimum atomic E-state index is -0.572. The van der Waals surface area contributed by atoms with Gasteiger partial charge in [-0.15, -0.1) is 0 Å². The van der Waals surface area contributed by atoms with Crippen LogP contribution < -0.4 is 16.0 Å². The van der Waals surface area contributed by atoms with Gasteiger partial charge in [-0.25, -0.2) is 4.79 Å². The third-order valence-corrected chi connectivity index (χ3v) is 5.09. The Labute approximate surface area is 185 Å². The fourth-order valence-electron chi connectivity index (χ4n) is 3.64. The van der Waals surface area contributed by atoms with Gasteiger partial charge in [0.1, 0.15) is 5.60 Å². The van der Waals surface area contributed by atoms with Crippen molar-refractivity contribution in [3.63, 3.8) is 0 Å². The molecule has 2 rings (SSSR count). The molecule has 0 heterocycles. The SMILES string of the molecule is CC(=O)Nc1ccc(/C=C/C(=O)NCC2(NC(=O)OC(C)(C)C)CCCCCC2)cc1. The van der Waals surface area contributed by atoms with Gasteiger partial charge < -0.3 is 20.7 Å². The van der Waals surface area contributed by atoms with Gasteiger partial charge in [0.15, 0.2) is 0 Å². The van der Waals surface area contributed by atoms with Crippen molar-refractivity contribution in [1.29, 1.82) is 0 Å². The lowest BCUT2D eigenvalue weighted by atomic mass is 9.90. The number of hydrogen-bond acceptors (Lipinski definition) is 4. The van der Waals surface area contributed by atoms with E-state index in [1.807, 2.05) is 32.9 Å². The van der Waals surface area contributed by atoms with Crippen molar-refractivity contribution >= 4 is 29.7 Å². The molecule has 0 aliphatic heterocycles. The molecule has 0 aromatic heterocycles. The lowest BCUT2D eigenvalue weighted by Gasteiger charge is -2.35. The molecule has 0 atom stereocenters. The van der Waals surface area contributed by atoms with Gasteiger partial charge in [-0.3, -0.25) is 9.59 Å². The highest BCUT2D eigenvalue weighted by Gasteiger charge is 2.34. The van der Waals surface area contributed by atoms with E-state index >= 15 is 0 Å². The van der Waals surface area contributed by atoms with Gasteiger partial charge in [0, 0.05) is 25.2 Å². The minimum Gasteiger partial charge on any atom is -0.444 e. The van der Waals surface area contributed by atoms with E-state index in [0.717, 1.165) is 44.1 Å². The normalized spacial score (nSPS) is 16.3. The van der Waals surface area contributed by atoms with Crippen molar-refractivity contribution in [3.05, 3.63) is 35.9 Å². The lowest BCUT2D eigenvalue weighted by molar-refractivity contribution is -0.117. The van der Waals surface area contributed by atoms with Crippen molar-refractivity contribution in [2.75, 3.05) is 11.9 Å². The van der Waals surface area contributed by atoms with Crippen LogP contribution in [0.1, 0.15) is 71.8 Å². The second kappa shape index (κ2) is 11.0. The maximum atomic E-state index is 12.4. The first-order chi connectivity index (χ1) is 14.6. The van der Waals surface area contributed by atoms with Crippen molar-refractivity contribution in [2.45, 2.75) is 77.4 Å². The van der Waals surface area contributed by atoms with E-state index in [1.165, 1.54) is 13.0 Å². The summed E-state index contributed by atoms with van der Waals surface area (Å²) in [6, 6.07) is 7.21. The molecule has 170 valence electrons. The highest BCUT2D eigenvalue weighted by molar-refractivity contribution is 5.92. The second-order valence-corrected chi connectivity index (χ2v) is 9.18. The summed E-state index contributed by atoms with van der Waals surface area (Å²) >= 11 is 0. The van der Waals surface area contributed by atoms with Crippen molar-refractivity contribution in [2.24, 2.45) is 0 Å². The summed E-state index contributed by atoms with van der Waals surface area (Å²) in [4.78, 5) is 35.9. The number of carbonyl (C=O) groups is 3. The predicted molar refractivity (Wildman–Crippen MR) is 123 cm³/mol. The molecule has 7 nitrogen and oxygen atoms in total. The molecule has 31 heavy (non-hydrogen) atoms. The Bertz CT molecular complexity index is 786. The van der Waals surface area contributed by atoms with E-state index in [1.54, 1.807) is 18.2 Å². The van der Waals surface area contributed by atoms with Crippen molar-refractivity contribution < 1.29 is 19.1 Å². The molecule has 3 N–H and O–H groups in total. The van der Waals surface area contributed by atoms with Crippen LogP contribution in [0, 0.1) is 0 Å². The van der Waals surface area contributed by atoms with Gasteiger partial charge >= 0.3 is 6.09 Å². The maximum absolute atomic E-state index is 12.4. The van der Waals surface area contributed by atoms with Crippen LogP contribution >= 0.6 is 0 Å². The Hall–Kier alpha value is -2.83. The van der Waals surface area contributed by atoms with Crippen LogP contribution in [0.5, 0.6) is 0 Å². The van der Waals surface area contributed by atoms with Crippen molar-refractivity contribution in [3.8, 4) is 0 Å². The minimum absolute atomic E-state index is 0.130. The first-order valence-electron chi connectivity index (χ1n) is 10.9. The van der Waals surface area contributed by atoms with Gasteiger partial charge in [0.25, 0.3) is 0 Å². The highest BCUT2D eigenvalue weighted by Crippen LogP contribution is 2.27. The maximum Gasteiger partial charge on any atom is 0.408 e. The summed E-state index contributed by atoms with van der Waals surface area (Å²) in [5.41, 5.74) is 0.484. The molecule has 1 saturated carbocycles. The van der Waals surface area contributed by atoms with Crippen LogP contribution in [0.3, 0.4) is 0 Å². The molecule has 1 aliphatic carbocycles. The van der Waals surface area contributed by atoms with E-state index in [9.17, 15) is 14.4 Å². The quantitative estimate of drug-likeness (QED) is 0.461. The average molecular weight is 430 g/mol. The molecule has 0 unspecified atom stereocenters. The molecular weight excluding hydrogens is 394 g/mol. The first-order valence-corrected chi connectivity index (χ1v) is 10.9. The Balaban J connectivity index is 1.96. The number of alkyl carbamates (subject to hydrolysis) is 1. The monoisotopic (exact) mass is 429 g/mol. The number of anilines is 1. The number of amides is 3. The molecule has 3 amide bonds. The summed E-state index contributed by atoms with van der Waals surface area (Å²) in [5, 5.41) is 8.69. The third kappa shape index (κ3) is 9.24. The molecule has 0 saturated heterocycles. The fourth-order valence-corrected chi connectivity index (χ4v) is 3.64. The number of benzene rings is 1. The smallest absolute Gasteiger partial charge is 0.408 e. The number of nitrogens with one attached hydrogen (secondary N) is 3. The number of rotatable bonds is 6. The van der Waals surface area contributed by atoms with Gasteiger partial charge in [-0.05, 0) is 57.4 Å². The predicted octanol–water partition coefficient (Wildman–Crippen LogP) is 4.39. The zero-order valence-corrected chi connectivity index (χ0v) is 19.0. The average Bonchev–Trinajstić information content (AvgIpc) is 2.89. The molecular formula is C24H35N3O4. The zero-order valence-electron chi connectivity index (χ0n) is 19.0. The van der Waals surface area contributed by atoms with Crippen molar-refractivity contribution in [1.82, 2.24) is 10.6 Å². The third-order valence-electron chi connectivity index (χ3n) is 5.09. The second-order valence-electron chi connectivity index (χ2n) is 9.18. The van der Waals surface area contributed by atoms with E-state index in [2.05, 4.69) is 16.0 Å². The lowest BCUT2D eigenvalue weighted by Crippen LogP contribution is -2.56. The van der Waals surface area contributed by atoms with Crippen LogP contribution in [-0.2, 0) is 14.3 Å². The van der Waals surface area contributed by atoms with Crippen LogP contribution in [0.15, 0.2) is 30.3 Å². The first kappa shape index (κ1) is 24.4. The molecule has 0 bridgehead atoms. The summed E-state index contributed by atoms with van der Waals surface area (Å²) in [6.07, 6.45) is 8.62. The van der Waals surface area contributed by atoms with Gasteiger partial charge in [0.05, 0.1) is 5.54 Å². The van der Waals surface area contributed by atoms with Crippen LogP contribution in [0.25, 0.3) is 6.08 Å². The summed E-state index contributed by atoms with van der Waals surface area (Å²) in [7, 11) is 0. The van der Waals surface area contributed by atoms with E-state index in [-0.39, 0.29) is 11.8 Å². The molecule has 1 fully saturated rings. The molecule has 0 spiro atoms. The Morgan fingerprint density at radius 3 is 2.19 bits per heavy atom. The van der Waals surface area contributed by atoms with E-state index in [0.29, 0.717) is 12.2 Å². The van der Waals surface area contributed by atoms with Gasteiger partial charge in [-0.2, -0.15) is 0 Å². The topological polar surface area (TPSA) is 96.5 Å². The zero-order chi connectivity index (χ0) is 22.9. The number of ether oxygens (including phenoxy) is 1. The molecule has 0 radical (unpaired) electrons. The largest absolute Gasteiger partial charge is 0.444 e. The van der Waals surface area contributed by atoms with Crippen LogP contribution in [0.2, 0.25) is 0 Å². The summed E-state index contributed by atoms with van der Waals surface area (Å²) in [6.45, 7) is 7.32. The summed E-state index contributed by atoms with van der Waals surface area (Å²) in [5.74, 6) is -0.351. The van der Waals surface area contributed by atoms with Crippen LogP contribution in [0.4, 0.5) is 10.5 Å². The number of hydrogen-bond donors (Lipinski definition) is 3. The molecule has 1 aromatic rings. The molecule has 7 heteroatoms. The van der Waals surface area contributed by atoms with Crippen LogP contribution in [-0.4, -0.2) is 35.6 Å². The highest BCUT2D eigenvalue weighted by atomic mass is 16.6. The number of carbonyl (C=O) groups excluding carboxylic acids is 3. The van der Waals surface area contributed by atoms with E-state index in [4.69, 9.17) is 4.74 Å². The molecule has 1 aliphatic rings. The fraction of sp³-hybridized carbons (Fsp3) is 0.542. The van der Waals surface area contributed by atoms with Gasteiger partial charge in [0.2, 0.25) is 11.8 Å². The molecule has 1 aromatic carbocycles.